The van der Waals surface area contributed by atoms with Crippen LogP contribution in [0.2, 0.25) is 0 Å². The number of ether oxygens (including phenoxy) is 1. The maximum Gasteiger partial charge on any atom is 0.216 e. The predicted molar refractivity (Wildman–Crippen MR) is 54.6 cm³/mol. The summed E-state index contributed by atoms with van der Waals surface area (Å²) in [4.78, 5) is 0. The van der Waals surface area contributed by atoms with Crippen molar-refractivity contribution in [1.82, 2.24) is 4.31 Å². The summed E-state index contributed by atoms with van der Waals surface area (Å²) in [6.07, 6.45) is 0.0355. The van der Waals surface area contributed by atoms with Gasteiger partial charge in [-0.25, -0.2) is 12.7 Å². The molecule has 0 unspecified atom stereocenters. The van der Waals surface area contributed by atoms with E-state index in [-0.39, 0.29) is 31.6 Å². The monoisotopic (exact) mass is 225 g/mol. The molecule has 14 heavy (non-hydrogen) atoms. The van der Waals surface area contributed by atoms with Gasteiger partial charge in [0.1, 0.15) is 0 Å². The molecule has 0 saturated heterocycles. The molecule has 0 amide bonds. The highest BCUT2D eigenvalue weighted by molar-refractivity contribution is 7.89. The van der Waals surface area contributed by atoms with Gasteiger partial charge in [0.15, 0.2) is 0 Å². The maximum atomic E-state index is 11.4. The van der Waals surface area contributed by atoms with Gasteiger partial charge in [-0.1, -0.05) is 0 Å². The lowest BCUT2D eigenvalue weighted by atomic mass is 10.5. The Labute approximate surface area is 85.7 Å². The minimum Gasteiger partial charge on any atom is -0.395 e. The van der Waals surface area contributed by atoms with Gasteiger partial charge in [0.05, 0.1) is 25.1 Å². The third-order valence-corrected chi connectivity index (χ3v) is 3.50. The van der Waals surface area contributed by atoms with Crippen molar-refractivity contribution >= 4 is 10.0 Å². The minimum absolute atomic E-state index is 0.0355. The maximum absolute atomic E-state index is 11.4. The molecule has 86 valence electrons. The summed E-state index contributed by atoms with van der Waals surface area (Å²) in [6, 6.07) is 0. The Morgan fingerprint density at radius 3 is 2.43 bits per heavy atom. The smallest absolute Gasteiger partial charge is 0.216 e. The van der Waals surface area contributed by atoms with E-state index in [1.54, 1.807) is 0 Å². The molecule has 0 fully saturated rings. The average molecular weight is 225 g/mol. The summed E-state index contributed by atoms with van der Waals surface area (Å²) >= 11 is 0. The van der Waals surface area contributed by atoms with E-state index in [1.165, 1.54) is 7.05 Å². The van der Waals surface area contributed by atoms with Crippen LogP contribution < -0.4 is 0 Å². The largest absolute Gasteiger partial charge is 0.395 e. The Hall–Kier alpha value is -0.170. The molecule has 0 rings (SSSR count). The van der Waals surface area contributed by atoms with Crippen LogP contribution in [0.1, 0.15) is 13.8 Å². The second kappa shape index (κ2) is 6.34. The molecule has 0 aliphatic heterocycles. The van der Waals surface area contributed by atoms with Gasteiger partial charge in [0.2, 0.25) is 10.0 Å². The summed E-state index contributed by atoms with van der Waals surface area (Å²) in [5.41, 5.74) is 0. The Morgan fingerprint density at radius 2 is 2.00 bits per heavy atom. The Kier molecular flexibility index (Phi) is 6.26. The van der Waals surface area contributed by atoms with Crippen molar-refractivity contribution in [3.05, 3.63) is 0 Å². The Morgan fingerprint density at radius 1 is 1.43 bits per heavy atom. The van der Waals surface area contributed by atoms with Crippen LogP contribution in [0.15, 0.2) is 0 Å². The van der Waals surface area contributed by atoms with Crippen molar-refractivity contribution in [3.8, 4) is 0 Å². The normalized spacial score (nSPS) is 12.7. The van der Waals surface area contributed by atoms with Gasteiger partial charge in [-0.3, -0.25) is 0 Å². The van der Waals surface area contributed by atoms with Crippen molar-refractivity contribution in [3.63, 3.8) is 0 Å². The van der Waals surface area contributed by atoms with Gasteiger partial charge in [-0.2, -0.15) is 0 Å². The fourth-order valence-corrected chi connectivity index (χ4v) is 1.80. The van der Waals surface area contributed by atoms with Crippen LogP contribution in [0.25, 0.3) is 0 Å². The number of hydrogen-bond acceptors (Lipinski definition) is 4. The fourth-order valence-electron chi connectivity index (χ4n) is 0.825. The molecule has 0 bridgehead atoms. The summed E-state index contributed by atoms with van der Waals surface area (Å²) in [6.45, 7) is 3.86. The van der Waals surface area contributed by atoms with Crippen LogP contribution in [-0.2, 0) is 14.8 Å². The van der Waals surface area contributed by atoms with Gasteiger partial charge in [0, 0.05) is 13.6 Å². The van der Waals surface area contributed by atoms with Crippen LogP contribution in [0, 0.1) is 0 Å². The number of likely N-dealkylation sites (N-methyl/N-ethyl adjacent to an activating group) is 1. The van der Waals surface area contributed by atoms with E-state index in [0.29, 0.717) is 0 Å². The lowest BCUT2D eigenvalue weighted by Crippen LogP contribution is -2.33. The van der Waals surface area contributed by atoms with Crippen molar-refractivity contribution in [2.24, 2.45) is 0 Å². The molecule has 0 aromatic rings. The Balaban J connectivity index is 3.95. The molecular formula is C8H19NO4S. The van der Waals surface area contributed by atoms with E-state index in [0.717, 1.165) is 4.31 Å². The van der Waals surface area contributed by atoms with E-state index in [4.69, 9.17) is 9.84 Å². The van der Waals surface area contributed by atoms with Crippen LogP contribution >= 0.6 is 0 Å². The molecular weight excluding hydrogens is 206 g/mol. The molecule has 5 nitrogen and oxygen atoms in total. The molecule has 0 aromatic heterocycles. The van der Waals surface area contributed by atoms with Crippen LogP contribution in [0.3, 0.4) is 0 Å². The number of aliphatic hydroxyl groups is 1. The number of hydrogen-bond donors (Lipinski definition) is 1. The highest BCUT2D eigenvalue weighted by Gasteiger charge is 2.16. The van der Waals surface area contributed by atoms with E-state index in [2.05, 4.69) is 0 Å². The van der Waals surface area contributed by atoms with Crippen LogP contribution in [-0.4, -0.2) is 56.5 Å². The first-order chi connectivity index (χ1) is 6.40. The van der Waals surface area contributed by atoms with Gasteiger partial charge < -0.3 is 9.84 Å². The molecule has 0 aromatic carbocycles. The first-order valence-corrected chi connectivity index (χ1v) is 6.17. The van der Waals surface area contributed by atoms with Crippen LogP contribution in [0.4, 0.5) is 0 Å². The zero-order chi connectivity index (χ0) is 11.2. The van der Waals surface area contributed by atoms with Crippen molar-refractivity contribution < 1.29 is 18.3 Å². The molecule has 6 heteroatoms. The zero-order valence-corrected chi connectivity index (χ0v) is 9.75. The summed E-state index contributed by atoms with van der Waals surface area (Å²) < 4.78 is 29.1. The average Bonchev–Trinajstić information content (AvgIpc) is 2.03. The lowest BCUT2D eigenvalue weighted by Gasteiger charge is -2.16. The first kappa shape index (κ1) is 13.8. The molecule has 0 aliphatic rings. The Bertz CT molecular complexity index is 238. The number of rotatable bonds is 7. The lowest BCUT2D eigenvalue weighted by molar-refractivity contribution is 0.0907. The second-order valence-corrected chi connectivity index (χ2v) is 5.48. The second-order valence-electron chi connectivity index (χ2n) is 3.28. The molecule has 1 N–H and O–H groups in total. The molecule has 0 saturated carbocycles. The number of aliphatic hydroxyl groups excluding tert-OH is 1. The topological polar surface area (TPSA) is 66.8 Å². The summed E-state index contributed by atoms with van der Waals surface area (Å²) in [5, 5.41) is 8.58. The third-order valence-electron chi connectivity index (χ3n) is 1.68. The van der Waals surface area contributed by atoms with Gasteiger partial charge >= 0.3 is 0 Å². The van der Waals surface area contributed by atoms with Gasteiger partial charge in [0.25, 0.3) is 0 Å². The summed E-state index contributed by atoms with van der Waals surface area (Å²) in [5.74, 6) is -0.0400. The zero-order valence-electron chi connectivity index (χ0n) is 8.93. The van der Waals surface area contributed by atoms with Crippen molar-refractivity contribution in [1.29, 1.82) is 0 Å². The van der Waals surface area contributed by atoms with E-state index >= 15 is 0 Å². The van der Waals surface area contributed by atoms with Gasteiger partial charge in [-0.05, 0) is 13.8 Å². The van der Waals surface area contributed by atoms with E-state index in [9.17, 15) is 8.42 Å². The van der Waals surface area contributed by atoms with E-state index < -0.39 is 10.0 Å². The molecule has 0 heterocycles. The van der Waals surface area contributed by atoms with E-state index in [1.807, 2.05) is 13.8 Å². The standard InChI is InChI=1S/C8H19NO4S/c1-8(2)13-6-7-14(11,12)9(3)4-5-10/h8,10H,4-7H2,1-3H3. The molecule has 0 spiro atoms. The minimum atomic E-state index is -3.27. The van der Waals surface area contributed by atoms with Crippen molar-refractivity contribution in [2.75, 3.05) is 32.6 Å². The molecule has 0 radical (unpaired) electrons. The number of nitrogens with zero attached hydrogens (tertiary/aromatic N) is 1. The predicted octanol–water partition coefficient (Wildman–Crippen LogP) is -0.335. The quantitative estimate of drug-likeness (QED) is 0.644. The van der Waals surface area contributed by atoms with Crippen LogP contribution in [0.5, 0.6) is 0 Å². The highest BCUT2D eigenvalue weighted by atomic mass is 32.2. The third kappa shape index (κ3) is 5.54. The summed E-state index contributed by atoms with van der Waals surface area (Å²) in [7, 11) is -1.82. The first-order valence-electron chi connectivity index (χ1n) is 4.56. The molecule has 0 aliphatic carbocycles. The van der Waals surface area contributed by atoms with Gasteiger partial charge in [-0.15, -0.1) is 0 Å². The fraction of sp³-hybridized carbons (Fsp3) is 1.00. The van der Waals surface area contributed by atoms with Crippen molar-refractivity contribution in [2.45, 2.75) is 20.0 Å². The SMILES string of the molecule is CC(C)OCCS(=O)(=O)N(C)CCO. The molecule has 0 atom stereocenters. The number of sulfonamides is 1. The highest BCUT2D eigenvalue weighted by Crippen LogP contribution is 1.98.